The molecule has 0 radical (unpaired) electrons. The van der Waals surface area contributed by atoms with Crippen molar-refractivity contribution in [1.29, 1.82) is 0 Å². The Morgan fingerprint density at radius 1 is 1.19 bits per heavy atom. The van der Waals surface area contributed by atoms with E-state index in [9.17, 15) is 0 Å². The molecule has 4 heteroatoms. The molecule has 0 saturated heterocycles. The molecule has 0 atom stereocenters. The van der Waals surface area contributed by atoms with E-state index in [0.717, 1.165) is 37.3 Å². The molecule has 0 aliphatic carbocycles. The first-order valence-electron chi connectivity index (χ1n) is 6.29. The third-order valence-electron chi connectivity index (χ3n) is 2.61. The van der Waals surface area contributed by atoms with Gasteiger partial charge < -0.3 is 10.6 Å². The third kappa shape index (κ3) is 7.85. The Morgan fingerprint density at radius 2 is 1.88 bits per heavy atom. The van der Waals surface area contributed by atoms with E-state index >= 15 is 0 Å². The molecular formula is C12H27N3S. The normalized spacial score (nSPS) is 11.9. The summed E-state index contributed by atoms with van der Waals surface area (Å²) in [7, 11) is 0. The maximum atomic E-state index is 4.61. The first-order chi connectivity index (χ1) is 7.78. The molecule has 3 nitrogen and oxygen atoms in total. The quantitative estimate of drug-likeness (QED) is 0.391. The topological polar surface area (TPSA) is 36.4 Å². The van der Waals surface area contributed by atoms with E-state index in [-0.39, 0.29) is 0 Å². The van der Waals surface area contributed by atoms with Gasteiger partial charge in [-0.25, -0.2) is 0 Å². The van der Waals surface area contributed by atoms with Crippen LogP contribution in [-0.4, -0.2) is 37.6 Å². The highest BCUT2D eigenvalue weighted by Gasteiger charge is 2.03. The van der Waals surface area contributed by atoms with Crippen molar-refractivity contribution in [3.8, 4) is 0 Å². The van der Waals surface area contributed by atoms with Gasteiger partial charge in [0.05, 0.1) is 0 Å². The summed E-state index contributed by atoms with van der Waals surface area (Å²) in [5.74, 6) is 2.80. The molecule has 0 unspecified atom stereocenters. The smallest absolute Gasteiger partial charge is 0.191 e. The summed E-state index contributed by atoms with van der Waals surface area (Å²) in [6, 6.07) is 0. The molecule has 0 heterocycles. The average molecular weight is 245 g/mol. The van der Waals surface area contributed by atoms with Gasteiger partial charge in [0.15, 0.2) is 5.96 Å². The maximum Gasteiger partial charge on any atom is 0.191 e. The van der Waals surface area contributed by atoms with E-state index < -0.39 is 0 Å². The Hall–Kier alpha value is -0.380. The molecule has 0 rings (SSSR count). The van der Waals surface area contributed by atoms with Crippen LogP contribution >= 0.6 is 11.8 Å². The second-order valence-corrected chi connectivity index (χ2v) is 4.81. The van der Waals surface area contributed by atoms with Crippen LogP contribution in [-0.2, 0) is 0 Å². The zero-order chi connectivity index (χ0) is 12.2. The average Bonchev–Trinajstić information content (AvgIpc) is 2.30. The van der Waals surface area contributed by atoms with Crippen LogP contribution in [0.15, 0.2) is 4.99 Å². The molecule has 0 aromatic rings. The van der Waals surface area contributed by atoms with Crippen molar-refractivity contribution in [3.05, 3.63) is 0 Å². The van der Waals surface area contributed by atoms with Crippen molar-refractivity contribution in [2.45, 2.75) is 33.6 Å². The number of rotatable bonds is 8. The fraction of sp³-hybridized carbons (Fsp3) is 0.917. The summed E-state index contributed by atoms with van der Waals surface area (Å²) in [6.07, 6.45) is 4.55. The van der Waals surface area contributed by atoms with Crippen molar-refractivity contribution < 1.29 is 0 Å². The summed E-state index contributed by atoms with van der Waals surface area (Å²) in [6.45, 7) is 9.41. The Balaban J connectivity index is 4.00. The molecular weight excluding hydrogens is 218 g/mol. The summed E-state index contributed by atoms with van der Waals surface area (Å²) < 4.78 is 0. The number of aliphatic imine (C=N–C) groups is 1. The Labute approximate surface area is 105 Å². The van der Waals surface area contributed by atoms with Gasteiger partial charge in [-0.3, -0.25) is 4.99 Å². The maximum absolute atomic E-state index is 4.61. The molecule has 0 aliphatic heterocycles. The largest absolute Gasteiger partial charge is 0.357 e. The van der Waals surface area contributed by atoms with E-state index in [2.05, 4.69) is 42.7 Å². The molecule has 96 valence electrons. The zero-order valence-corrected chi connectivity index (χ0v) is 12.0. The van der Waals surface area contributed by atoms with Crippen molar-refractivity contribution >= 4 is 17.7 Å². The molecule has 0 aromatic carbocycles. The Bertz CT molecular complexity index is 179. The van der Waals surface area contributed by atoms with Gasteiger partial charge in [-0.2, -0.15) is 11.8 Å². The molecule has 2 N–H and O–H groups in total. The van der Waals surface area contributed by atoms with Crippen molar-refractivity contribution in [3.63, 3.8) is 0 Å². The SMILES string of the molecule is CCNC(=NCC(CC)CC)NCCSC. The fourth-order valence-electron chi connectivity index (χ4n) is 1.38. The first-order valence-corrected chi connectivity index (χ1v) is 7.68. The highest BCUT2D eigenvalue weighted by atomic mass is 32.2. The predicted octanol–water partition coefficient (Wildman–Crippen LogP) is 2.34. The molecule has 0 aliphatic rings. The minimum atomic E-state index is 0.719. The van der Waals surface area contributed by atoms with Gasteiger partial charge in [0, 0.05) is 25.4 Å². The van der Waals surface area contributed by atoms with Crippen LogP contribution < -0.4 is 10.6 Å². The second-order valence-electron chi connectivity index (χ2n) is 3.82. The zero-order valence-electron chi connectivity index (χ0n) is 11.2. The lowest BCUT2D eigenvalue weighted by Crippen LogP contribution is -2.38. The number of hydrogen-bond acceptors (Lipinski definition) is 2. The second kappa shape index (κ2) is 11.1. The Morgan fingerprint density at radius 3 is 2.38 bits per heavy atom. The monoisotopic (exact) mass is 245 g/mol. The molecule has 0 aromatic heterocycles. The summed E-state index contributed by atoms with van der Waals surface area (Å²) >= 11 is 1.85. The molecule has 0 saturated carbocycles. The minimum Gasteiger partial charge on any atom is -0.357 e. The van der Waals surface area contributed by atoms with Crippen LogP contribution in [0.25, 0.3) is 0 Å². The molecule has 0 amide bonds. The number of hydrogen-bond donors (Lipinski definition) is 2. The van der Waals surface area contributed by atoms with Crippen LogP contribution in [0.4, 0.5) is 0 Å². The van der Waals surface area contributed by atoms with E-state index in [1.165, 1.54) is 12.8 Å². The van der Waals surface area contributed by atoms with E-state index in [1.807, 2.05) is 11.8 Å². The highest BCUT2D eigenvalue weighted by Crippen LogP contribution is 2.06. The van der Waals surface area contributed by atoms with Crippen LogP contribution in [0.1, 0.15) is 33.6 Å². The van der Waals surface area contributed by atoms with E-state index in [1.54, 1.807) is 0 Å². The van der Waals surface area contributed by atoms with Gasteiger partial charge in [-0.1, -0.05) is 26.7 Å². The molecule has 0 spiro atoms. The number of nitrogens with zero attached hydrogens (tertiary/aromatic N) is 1. The lowest BCUT2D eigenvalue weighted by Gasteiger charge is -2.13. The van der Waals surface area contributed by atoms with Gasteiger partial charge in [-0.15, -0.1) is 0 Å². The fourth-order valence-corrected chi connectivity index (χ4v) is 1.69. The van der Waals surface area contributed by atoms with E-state index in [0.29, 0.717) is 0 Å². The van der Waals surface area contributed by atoms with Crippen molar-refractivity contribution in [2.24, 2.45) is 10.9 Å². The molecule has 16 heavy (non-hydrogen) atoms. The molecule has 0 bridgehead atoms. The third-order valence-corrected chi connectivity index (χ3v) is 3.22. The van der Waals surface area contributed by atoms with Crippen molar-refractivity contribution in [2.75, 3.05) is 31.6 Å². The number of thioether (sulfide) groups is 1. The van der Waals surface area contributed by atoms with Crippen molar-refractivity contribution in [1.82, 2.24) is 10.6 Å². The minimum absolute atomic E-state index is 0.719. The van der Waals surface area contributed by atoms with Crippen LogP contribution in [0, 0.1) is 5.92 Å². The van der Waals surface area contributed by atoms with E-state index in [4.69, 9.17) is 0 Å². The Kier molecular flexibility index (Phi) is 10.9. The summed E-state index contributed by atoms with van der Waals surface area (Å²) in [4.78, 5) is 4.61. The predicted molar refractivity (Wildman–Crippen MR) is 76.4 cm³/mol. The first kappa shape index (κ1) is 15.6. The van der Waals surface area contributed by atoms with Gasteiger partial charge in [0.1, 0.15) is 0 Å². The summed E-state index contributed by atoms with van der Waals surface area (Å²) in [5, 5.41) is 6.62. The van der Waals surface area contributed by atoms with Crippen LogP contribution in [0.2, 0.25) is 0 Å². The standard InChI is InChI=1S/C12H27N3S/c1-5-11(6-2)10-15-12(13-7-3)14-8-9-16-4/h11H,5-10H2,1-4H3,(H2,13,14,15). The lowest BCUT2D eigenvalue weighted by atomic mass is 10.0. The van der Waals surface area contributed by atoms with Gasteiger partial charge in [-0.05, 0) is 19.1 Å². The van der Waals surface area contributed by atoms with Crippen LogP contribution in [0.5, 0.6) is 0 Å². The number of guanidine groups is 1. The van der Waals surface area contributed by atoms with Gasteiger partial charge >= 0.3 is 0 Å². The highest BCUT2D eigenvalue weighted by molar-refractivity contribution is 7.98. The summed E-state index contributed by atoms with van der Waals surface area (Å²) in [5.41, 5.74) is 0. The van der Waals surface area contributed by atoms with Gasteiger partial charge in [0.25, 0.3) is 0 Å². The lowest BCUT2D eigenvalue weighted by molar-refractivity contribution is 0.504. The molecule has 0 fully saturated rings. The van der Waals surface area contributed by atoms with Crippen LogP contribution in [0.3, 0.4) is 0 Å². The van der Waals surface area contributed by atoms with Gasteiger partial charge in [0.2, 0.25) is 0 Å². The number of nitrogens with one attached hydrogen (secondary N) is 2.